The molecule has 0 aromatic heterocycles. The van der Waals surface area contributed by atoms with E-state index in [2.05, 4.69) is 9.98 Å². The van der Waals surface area contributed by atoms with Gasteiger partial charge in [0.2, 0.25) is 0 Å². The SMILES string of the molecule is NC(=O)C1=N/C=C\C=C/N=C1C(N)=O. The van der Waals surface area contributed by atoms with Crippen LogP contribution in [-0.2, 0) is 9.59 Å². The number of primary amides is 2. The molecule has 1 heterocycles. The number of hydrogen-bond donors (Lipinski definition) is 2. The van der Waals surface area contributed by atoms with Crippen LogP contribution in [0.1, 0.15) is 0 Å². The molecule has 0 atom stereocenters. The van der Waals surface area contributed by atoms with Crippen LogP contribution in [0.5, 0.6) is 0 Å². The molecule has 0 aromatic rings. The summed E-state index contributed by atoms with van der Waals surface area (Å²) in [6, 6.07) is 0. The Bertz CT molecular complexity index is 352. The minimum atomic E-state index is -0.845. The molecule has 14 heavy (non-hydrogen) atoms. The molecule has 6 heteroatoms. The summed E-state index contributed by atoms with van der Waals surface area (Å²) in [5.74, 6) is -1.69. The molecule has 0 unspecified atom stereocenters. The van der Waals surface area contributed by atoms with Crippen LogP contribution in [0.3, 0.4) is 0 Å². The normalized spacial score (nSPS) is 19.7. The molecule has 1 aliphatic rings. The molecule has 6 nitrogen and oxygen atoms in total. The van der Waals surface area contributed by atoms with Gasteiger partial charge in [-0.2, -0.15) is 0 Å². The van der Waals surface area contributed by atoms with E-state index in [1.54, 1.807) is 12.2 Å². The lowest BCUT2D eigenvalue weighted by Crippen LogP contribution is -2.38. The molecule has 1 aliphatic heterocycles. The maximum Gasteiger partial charge on any atom is 0.269 e. The predicted octanol–water partition coefficient (Wildman–Crippen LogP) is -1.12. The second-order valence-electron chi connectivity index (χ2n) is 2.37. The molecule has 0 bridgehead atoms. The first kappa shape index (κ1) is 9.85. The molecule has 0 radical (unpaired) electrons. The molecule has 1 rings (SSSR count). The molecular weight excluding hydrogens is 184 g/mol. The molecule has 0 saturated heterocycles. The first-order chi connectivity index (χ1) is 6.63. The molecule has 2 amide bonds. The molecule has 0 aromatic carbocycles. The van der Waals surface area contributed by atoms with Crippen LogP contribution in [0.4, 0.5) is 0 Å². The van der Waals surface area contributed by atoms with Crippen molar-refractivity contribution in [1.29, 1.82) is 0 Å². The Labute approximate surface area is 79.7 Å². The van der Waals surface area contributed by atoms with Crippen LogP contribution in [0, 0.1) is 0 Å². The van der Waals surface area contributed by atoms with Gasteiger partial charge in [0.05, 0.1) is 0 Å². The fraction of sp³-hybridized carbons (Fsp3) is 0. The van der Waals surface area contributed by atoms with Gasteiger partial charge in [-0.25, -0.2) is 9.98 Å². The summed E-state index contributed by atoms with van der Waals surface area (Å²) in [4.78, 5) is 29.1. The summed E-state index contributed by atoms with van der Waals surface area (Å²) in [6.45, 7) is 0. The Hall–Kier alpha value is -2.24. The van der Waals surface area contributed by atoms with E-state index in [0.717, 1.165) is 0 Å². The fourth-order valence-corrected chi connectivity index (χ4v) is 0.817. The Morgan fingerprint density at radius 2 is 1.29 bits per heavy atom. The van der Waals surface area contributed by atoms with Crippen LogP contribution in [0.2, 0.25) is 0 Å². The number of allylic oxidation sites excluding steroid dienone is 2. The average molecular weight is 192 g/mol. The number of hydrogen-bond acceptors (Lipinski definition) is 4. The Morgan fingerprint density at radius 3 is 1.57 bits per heavy atom. The minimum Gasteiger partial charge on any atom is -0.364 e. The van der Waals surface area contributed by atoms with Crippen LogP contribution < -0.4 is 11.5 Å². The van der Waals surface area contributed by atoms with Gasteiger partial charge in [0.25, 0.3) is 11.8 Å². The van der Waals surface area contributed by atoms with Crippen molar-refractivity contribution in [3.8, 4) is 0 Å². The second kappa shape index (κ2) is 4.13. The second-order valence-corrected chi connectivity index (χ2v) is 2.37. The van der Waals surface area contributed by atoms with Crippen molar-refractivity contribution in [2.45, 2.75) is 0 Å². The van der Waals surface area contributed by atoms with Crippen molar-refractivity contribution in [2.75, 3.05) is 0 Å². The van der Waals surface area contributed by atoms with Gasteiger partial charge in [0.15, 0.2) is 11.4 Å². The predicted molar refractivity (Wildman–Crippen MR) is 51.5 cm³/mol. The summed E-state index contributed by atoms with van der Waals surface area (Å²) >= 11 is 0. The van der Waals surface area contributed by atoms with E-state index in [-0.39, 0.29) is 11.4 Å². The van der Waals surface area contributed by atoms with E-state index in [1.165, 1.54) is 12.4 Å². The van der Waals surface area contributed by atoms with Gasteiger partial charge in [0, 0.05) is 12.4 Å². The summed E-state index contributed by atoms with van der Waals surface area (Å²) in [5, 5.41) is 0. The van der Waals surface area contributed by atoms with Gasteiger partial charge in [-0.05, 0) is 12.2 Å². The van der Waals surface area contributed by atoms with Gasteiger partial charge in [0.1, 0.15) is 0 Å². The van der Waals surface area contributed by atoms with Gasteiger partial charge in [-0.15, -0.1) is 0 Å². The van der Waals surface area contributed by atoms with Crippen molar-refractivity contribution >= 4 is 23.2 Å². The van der Waals surface area contributed by atoms with E-state index in [9.17, 15) is 9.59 Å². The lowest BCUT2D eigenvalue weighted by Gasteiger charge is -2.01. The summed E-state index contributed by atoms with van der Waals surface area (Å²) in [6.07, 6.45) is 5.75. The van der Waals surface area contributed by atoms with Crippen LogP contribution in [-0.4, -0.2) is 23.2 Å². The number of carbonyl (C=O) groups excluding carboxylic acids is 2. The molecular formula is C8H8N4O2. The topological polar surface area (TPSA) is 111 Å². The number of aliphatic imine (C=N–C) groups is 2. The number of rotatable bonds is 2. The van der Waals surface area contributed by atoms with Crippen LogP contribution in [0.15, 0.2) is 34.5 Å². The number of nitrogens with zero attached hydrogens (tertiary/aromatic N) is 2. The third-order valence-corrected chi connectivity index (χ3v) is 1.38. The first-order valence-electron chi connectivity index (χ1n) is 3.70. The highest BCUT2D eigenvalue weighted by atomic mass is 16.2. The molecule has 72 valence electrons. The first-order valence-corrected chi connectivity index (χ1v) is 3.70. The van der Waals surface area contributed by atoms with Crippen molar-refractivity contribution < 1.29 is 9.59 Å². The molecule has 4 N–H and O–H groups in total. The largest absolute Gasteiger partial charge is 0.364 e. The minimum absolute atomic E-state index is 0.238. The highest BCUT2D eigenvalue weighted by Gasteiger charge is 2.19. The highest BCUT2D eigenvalue weighted by molar-refractivity contribution is 6.80. The lowest BCUT2D eigenvalue weighted by atomic mass is 10.2. The molecule has 0 spiro atoms. The van der Waals surface area contributed by atoms with Gasteiger partial charge >= 0.3 is 0 Å². The van der Waals surface area contributed by atoms with E-state index < -0.39 is 11.8 Å². The quantitative estimate of drug-likeness (QED) is 0.577. The molecule has 0 fully saturated rings. The Morgan fingerprint density at radius 1 is 0.929 bits per heavy atom. The van der Waals surface area contributed by atoms with Gasteiger partial charge < -0.3 is 11.5 Å². The van der Waals surface area contributed by atoms with E-state index >= 15 is 0 Å². The zero-order valence-corrected chi connectivity index (χ0v) is 7.18. The summed E-state index contributed by atoms with van der Waals surface area (Å²) in [5.41, 5.74) is 9.52. The molecule has 0 aliphatic carbocycles. The number of amides is 2. The lowest BCUT2D eigenvalue weighted by molar-refractivity contribution is -0.113. The highest BCUT2D eigenvalue weighted by Crippen LogP contribution is 1.93. The third-order valence-electron chi connectivity index (χ3n) is 1.38. The van der Waals surface area contributed by atoms with Crippen LogP contribution >= 0.6 is 0 Å². The van der Waals surface area contributed by atoms with E-state index in [0.29, 0.717) is 0 Å². The Kier molecular flexibility index (Phi) is 2.90. The molecule has 0 saturated carbocycles. The Balaban J connectivity index is 3.19. The fourth-order valence-electron chi connectivity index (χ4n) is 0.817. The maximum absolute atomic E-state index is 10.9. The van der Waals surface area contributed by atoms with Gasteiger partial charge in [-0.3, -0.25) is 9.59 Å². The smallest absolute Gasteiger partial charge is 0.269 e. The standard InChI is InChI=1S/C8H8N4O2/c9-7(13)5-6(8(10)14)12-4-2-1-3-11-5/h1-4H,(H2,9,13)(H2,10,14)/b2-1?,3-1-,4-2-,6-5?,11-3?,11-5?,12-4?,12-6?. The summed E-state index contributed by atoms with van der Waals surface area (Å²) < 4.78 is 0. The maximum atomic E-state index is 10.9. The number of carbonyl (C=O) groups is 2. The van der Waals surface area contributed by atoms with Crippen molar-refractivity contribution in [3.63, 3.8) is 0 Å². The zero-order valence-electron chi connectivity index (χ0n) is 7.18. The average Bonchev–Trinajstić information content (AvgIpc) is 2.01. The monoisotopic (exact) mass is 192 g/mol. The number of nitrogens with two attached hydrogens (primary N) is 2. The van der Waals surface area contributed by atoms with Crippen molar-refractivity contribution in [1.82, 2.24) is 0 Å². The summed E-state index contributed by atoms with van der Waals surface area (Å²) in [7, 11) is 0. The van der Waals surface area contributed by atoms with Gasteiger partial charge in [-0.1, -0.05) is 0 Å². The zero-order chi connectivity index (χ0) is 10.6. The van der Waals surface area contributed by atoms with Crippen molar-refractivity contribution in [2.24, 2.45) is 21.5 Å². The van der Waals surface area contributed by atoms with Crippen molar-refractivity contribution in [3.05, 3.63) is 24.6 Å². The van der Waals surface area contributed by atoms with E-state index in [1.807, 2.05) is 0 Å². The van der Waals surface area contributed by atoms with E-state index in [4.69, 9.17) is 11.5 Å². The van der Waals surface area contributed by atoms with Crippen LogP contribution in [0.25, 0.3) is 0 Å². The third kappa shape index (κ3) is 2.13.